The van der Waals surface area contributed by atoms with Gasteiger partial charge in [0.2, 0.25) is 0 Å². The Morgan fingerprint density at radius 1 is 0.769 bits per heavy atom. The summed E-state index contributed by atoms with van der Waals surface area (Å²) in [4.78, 5) is 51.0. The summed E-state index contributed by atoms with van der Waals surface area (Å²) < 4.78 is 10.2. The van der Waals surface area contributed by atoms with Crippen molar-refractivity contribution in [1.82, 2.24) is 5.32 Å². The molecule has 8 heteroatoms. The molecule has 1 N–H and O–H groups in total. The van der Waals surface area contributed by atoms with Gasteiger partial charge < -0.3 is 14.8 Å². The Hall–Kier alpha value is -3.91. The monoisotopic (exact) mass is 547 g/mol. The van der Waals surface area contributed by atoms with Crippen molar-refractivity contribution < 1.29 is 28.7 Å². The second-order valence-electron chi connectivity index (χ2n) is 9.88. The molecule has 0 fully saturated rings. The Labute approximate surface area is 233 Å². The summed E-state index contributed by atoms with van der Waals surface area (Å²) in [5.41, 5.74) is 0.852. The van der Waals surface area contributed by atoms with Gasteiger partial charge in [0.05, 0.1) is 17.9 Å². The highest BCUT2D eigenvalue weighted by molar-refractivity contribution is 7.99. The molecule has 0 saturated carbocycles. The Morgan fingerprint density at radius 2 is 1.31 bits per heavy atom. The number of carbonyl (C=O) groups is 4. The smallest absolute Gasteiger partial charge is 0.407 e. The van der Waals surface area contributed by atoms with E-state index in [4.69, 9.17) is 9.47 Å². The van der Waals surface area contributed by atoms with Crippen molar-refractivity contribution >= 4 is 35.4 Å². The van der Waals surface area contributed by atoms with E-state index in [1.807, 2.05) is 54.6 Å². The van der Waals surface area contributed by atoms with Crippen LogP contribution in [0.15, 0.2) is 88.7 Å². The number of rotatable bonds is 12. The number of ether oxygens (including phenoxy) is 2. The molecule has 0 atom stereocenters. The lowest BCUT2D eigenvalue weighted by molar-refractivity contribution is -0.147. The topological polar surface area (TPSA) is 98.8 Å². The van der Waals surface area contributed by atoms with Gasteiger partial charge in [0, 0.05) is 26.5 Å². The summed E-state index contributed by atoms with van der Waals surface area (Å²) in [6.45, 7) is 6.96. The number of amides is 1. The van der Waals surface area contributed by atoms with Gasteiger partial charge in [-0.15, -0.1) is 0 Å². The highest BCUT2D eigenvalue weighted by atomic mass is 32.2. The van der Waals surface area contributed by atoms with Crippen LogP contribution in [0.25, 0.3) is 0 Å². The first kappa shape index (κ1) is 29.6. The van der Waals surface area contributed by atoms with Crippen molar-refractivity contribution in [3.63, 3.8) is 0 Å². The van der Waals surface area contributed by atoms with Crippen molar-refractivity contribution in [1.29, 1.82) is 0 Å². The van der Waals surface area contributed by atoms with Gasteiger partial charge in [-0.25, -0.2) is 4.79 Å². The molecule has 3 rings (SSSR count). The second kappa shape index (κ2) is 13.8. The van der Waals surface area contributed by atoms with Crippen LogP contribution in [0, 0.1) is 11.3 Å². The molecule has 0 saturated heterocycles. The maximum atomic E-state index is 13.1. The SMILES string of the molecule is CC(C)C(=O)OCCNC(=O)OCC(C)(C)C(=O)c1ccc(Sc2ccc(C(=O)c3ccccc3)cc2)cc1. The van der Waals surface area contributed by atoms with E-state index >= 15 is 0 Å². The van der Waals surface area contributed by atoms with Gasteiger partial charge in [0.25, 0.3) is 0 Å². The zero-order valence-corrected chi connectivity index (χ0v) is 23.4. The zero-order valence-electron chi connectivity index (χ0n) is 22.6. The fourth-order valence-corrected chi connectivity index (χ4v) is 4.28. The van der Waals surface area contributed by atoms with E-state index in [2.05, 4.69) is 5.32 Å². The summed E-state index contributed by atoms with van der Waals surface area (Å²) >= 11 is 1.53. The highest BCUT2D eigenvalue weighted by Crippen LogP contribution is 2.30. The van der Waals surface area contributed by atoms with E-state index in [1.165, 1.54) is 11.8 Å². The molecule has 39 heavy (non-hydrogen) atoms. The fraction of sp³-hybridized carbons (Fsp3) is 0.290. The number of hydrogen-bond donors (Lipinski definition) is 1. The first-order valence-electron chi connectivity index (χ1n) is 12.7. The number of Topliss-reactive ketones (excluding diaryl/α,β-unsaturated/α-hetero) is 1. The molecule has 0 bridgehead atoms. The molecule has 0 radical (unpaired) electrons. The van der Waals surface area contributed by atoms with E-state index in [9.17, 15) is 19.2 Å². The lowest BCUT2D eigenvalue weighted by Gasteiger charge is -2.23. The number of nitrogens with one attached hydrogen (secondary N) is 1. The molecule has 0 aliphatic carbocycles. The van der Waals surface area contributed by atoms with Gasteiger partial charge in [-0.05, 0) is 50.2 Å². The van der Waals surface area contributed by atoms with Crippen molar-refractivity contribution in [3.05, 3.63) is 95.6 Å². The van der Waals surface area contributed by atoms with Crippen LogP contribution >= 0.6 is 11.8 Å². The fourth-order valence-electron chi connectivity index (χ4n) is 3.47. The summed E-state index contributed by atoms with van der Waals surface area (Å²) in [7, 11) is 0. The van der Waals surface area contributed by atoms with Gasteiger partial charge in [0.1, 0.15) is 13.2 Å². The number of benzene rings is 3. The van der Waals surface area contributed by atoms with E-state index < -0.39 is 11.5 Å². The first-order valence-corrected chi connectivity index (χ1v) is 13.5. The van der Waals surface area contributed by atoms with Gasteiger partial charge in [-0.1, -0.05) is 68.1 Å². The molecule has 0 unspecified atom stereocenters. The molecule has 3 aromatic rings. The van der Waals surface area contributed by atoms with Crippen LogP contribution in [-0.2, 0) is 14.3 Å². The van der Waals surface area contributed by atoms with Gasteiger partial charge in [0.15, 0.2) is 11.6 Å². The molecule has 7 nitrogen and oxygen atoms in total. The molecule has 0 spiro atoms. The maximum absolute atomic E-state index is 13.1. The minimum atomic E-state index is -0.933. The average molecular weight is 548 g/mol. The molecule has 0 aromatic heterocycles. The number of alkyl carbamates (subject to hydrolysis) is 1. The van der Waals surface area contributed by atoms with Crippen LogP contribution in [0.5, 0.6) is 0 Å². The highest BCUT2D eigenvalue weighted by Gasteiger charge is 2.30. The molecule has 0 aliphatic heterocycles. The maximum Gasteiger partial charge on any atom is 0.407 e. The third-order valence-corrected chi connectivity index (χ3v) is 6.79. The van der Waals surface area contributed by atoms with Crippen molar-refractivity contribution in [2.24, 2.45) is 11.3 Å². The Bertz CT molecular complexity index is 1280. The quantitative estimate of drug-likeness (QED) is 0.164. The molecule has 0 heterocycles. The number of ketones is 2. The number of esters is 1. The Balaban J connectivity index is 1.49. The van der Waals surface area contributed by atoms with E-state index in [0.717, 1.165) is 9.79 Å². The Morgan fingerprint density at radius 3 is 1.87 bits per heavy atom. The van der Waals surface area contributed by atoms with Crippen LogP contribution in [-0.4, -0.2) is 43.4 Å². The third kappa shape index (κ3) is 8.82. The minimum absolute atomic E-state index is 0.0220. The van der Waals surface area contributed by atoms with Crippen molar-refractivity contribution in [2.75, 3.05) is 19.8 Å². The normalized spacial score (nSPS) is 11.1. The molecule has 3 aromatic carbocycles. The van der Waals surface area contributed by atoms with E-state index in [-0.39, 0.29) is 43.2 Å². The lowest BCUT2D eigenvalue weighted by atomic mass is 9.85. The van der Waals surface area contributed by atoms with E-state index in [1.54, 1.807) is 52.0 Å². The van der Waals surface area contributed by atoms with Crippen LogP contribution in [0.4, 0.5) is 4.79 Å². The molecular formula is C31H33NO6S. The van der Waals surface area contributed by atoms with Gasteiger partial charge in [-0.2, -0.15) is 0 Å². The van der Waals surface area contributed by atoms with Crippen molar-refractivity contribution in [3.8, 4) is 0 Å². The molecule has 204 valence electrons. The lowest BCUT2D eigenvalue weighted by Crippen LogP contribution is -2.35. The van der Waals surface area contributed by atoms with Crippen LogP contribution < -0.4 is 5.32 Å². The third-order valence-electron chi connectivity index (χ3n) is 5.77. The number of carbonyl (C=O) groups excluding carboxylic acids is 4. The van der Waals surface area contributed by atoms with Crippen LogP contribution in [0.2, 0.25) is 0 Å². The summed E-state index contributed by atoms with van der Waals surface area (Å²) in [6, 6.07) is 23.8. The minimum Gasteiger partial charge on any atom is -0.464 e. The summed E-state index contributed by atoms with van der Waals surface area (Å²) in [5, 5.41) is 2.51. The average Bonchev–Trinajstić information content (AvgIpc) is 2.94. The van der Waals surface area contributed by atoms with E-state index in [0.29, 0.717) is 16.7 Å². The molecule has 1 amide bonds. The second-order valence-corrected chi connectivity index (χ2v) is 11.0. The first-order chi connectivity index (χ1) is 18.6. The largest absolute Gasteiger partial charge is 0.464 e. The Kier molecular flexibility index (Phi) is 10.5. The standard InChI is InChI=1S/C31H33NO6S/c1-21(2)29(35)37-19-18-32-30(36)38-20-31(3,4)28(34)24-12-16-26(17-13-24)39-25-14-10-23(11-15-25)27(33)22-8-6-5-7-9-22/h5-17,21H,18-20H2,1-4H3,(H,32,36). The predicted molar refractivity (Wildman–Crippen MR) is 150 cm³/mol. The zero-order chi connectivity index (χ0) is 28.4. The van der Waals surface area contributed by atoms with Gasteiger partial charge >= 0.3 is 12.1 Å². The molecule has 0 aliphatic rings. The van der Waals surface area contributed by atoms with Crippen molar-refractivity contribution in [2.45, 2.75) is 37.5 Å². The summed E-state index contributed by atoms with van der Waals surface area (Å²) in [5.74, 6) is -0.748. The molecular weight excluding hydrogens is 514 g/mol. The summed E-state index contributed by atoms with van der Waals surface area (Å²) in [6.07, 6.45) is -0.681. The van der Waals surface area contributed by atoms with Crippen LogP contribution in [0.1, 0.15) is 54.0 Å². The van der Waals surface area contributed by atoms with Gasteiger partial charge in [-0.3, -0.25) is 14.4 Å². The van der Waals surface area contributed by atoms with Crippen LogP contribution in [0.3, 0.4) is 0 Å². The number of hydrogen-bond acceptors (Lipinski definition) is 7. The predicted octanol–water partition coefficient (Wildman–Crippen LogP) is 6.20.